The van der Waals surface area contributed by atoms with Gasteiger partial charge in [-0.2, -0.15) is 4.98 Å². The number of nitrogens with one attached hydrogen (secondary N) is 1. The molecule has 2 rings (SSSR count). The van der Waals surface area contributed by atoms with Crippen molar-refractivity contribution in [2.45, 2.75) is 6.54 Å². The van der Waals surface area contributed by atoms with Gasteiger partial charge < -0.3 is 19.7 Å². The first-order valence-corrected chi connectivity index (χ1v) is 7.04. The molecule has 0 aliphatic rings. The Balaban J connectivity index is 2.12. The summed E-state index contributed by atoms with van der Waals surface area (Å²) in [6, 6.07) is 7.26. The maximum Gasteiger partial charge on any atom is 0.343 e. The van der Waals surface area contributed by atoms with Gasteiger partial charge in [-0.25, -0.2) is 9.78 Å². The Kier molecular flexibility index (Phi) is 5.35. The summed E-state index contributed by atoms with van der Waals surface area (Å²) < 4.78 is 9.84. The summed E-state index contributed by atoms with van der Waals surface area (Å²) in [7, 11) is 6.67. The molecule has 0 saturated carbocycles. The summed E-state index contributed by atoms with van der Waals surface area (Å²) in [6.07, 6.45) is 1.76. The average Bonchev–Trinajstić information content (AvgIpc) is 2.59. The molecule has 0 fully saturated rings. The lowest BCUT2D eigenvalue weighted by atomic mass is 10.2. The number of carbonyl (C=O) groups is 1. The molecule has 0 saturated heterocycles. The first-order chi connectivity index (χ1) is 11.0. The largest absolute Gasteiger partial charge is 0.480 e. The van der Waals surface area contributed by atoms with Crippen molar-refractivity contribution in [3.8, 4) is 5.88 Å². The molecule has 0 aromatic carbocycles. The Morgan fingerprint density at radius 1 is 1.26 bits per heavy atom. The van der Waals surface area contributed by atoms with Crippen LogP contribution in [0, 0.1) is 0 Å². The van der Waals surface area contributed by atoms with Crippen LogP contribution in [0.2, 0.25) is 0 Å². The minimum Gasteiger partial charge on any atom is -0.480 e. The predicted molar refractivity (Wildman–Crippen MR) is 88.0 cm³/mol. The maximum absolute atomic E-state index is 11.6. The van der Waals surface area contributed by atoms with Gasteiger partial charge in [-0.05, 0) is 29.8 Å². The molecule has 23 heavy (non-hydrogen) atoms. The summed E-state index contributed by atoms with van der Waals surface area (Å²) in [6.45, 7) is 0.580. The van der Waals surface area contributed by atoms with Crippen molar-refractivity contribution in [1.82, 2.24) is 9.97 Å². The molecule has 0 aliphatic heterocycles. The number of hydrogen-bond donors (Lipinski definition) is 1. The molecule has 2 aromatic heterocycles. The van der Waals surface area contributed by atoms with Crippen molar-refractivity contribution in [2.24, 2.45) is 0 Å². The smallest absolute Gasteiger partial charge is 0.343 e. The lowest BCUT2D eigenvalue weighted by Gasteiger charge is -2.13. The summed E-state index contributed by atoms with van der Waals surface area (Å²) >= 11 is 0. The van der Waals surface area contributed by atoms with Crippen molar-refractivity contribution in [1.29, 1.82) is 0 Å². The molecule has 1 N–H and O–H groups in total. The molecule has 7 heteroatoms. The summed E-state index contributed by atoms with van der Waals surface area (Å²) in [4.78, 5) is 22.1. The number of aromatic nitrogens is 2. The van der Waals surface area contributed by atoms with Crippen molar-refractivity contribution in [3.05, 3.63) is 41.6 Å². The van der Waals surface area contributed by atoms with Crippen molar-refractivity contribution < 1.29 is 14.3 Å². The molecule has 0 unspecified atom stereocenters. The molecule has 2 heterocycles. The van der Waals surface area contributed by atoms with Gasteiger partial charge in [0.05, 0.1) is 14.2 Å². The van der Waals surface area contributed by atoms with Crippen LogP contribution in [0.5, 0.6) is 5.88 Å². The first-order valence-electron chi connectivity index (χ1n) is 7.04. The van der Waals surface area contributed by atoms with E-state index in [0.29, 0.717) is 17.9 Å². The quantitative estimate of drug-likeness (QED) is 0.816. The number of hydrogen-bond acceptors (Lipinski definition) is 7. The molecular formula is C16H20N4O3. The highest BCUT2D eigenvalue weighted by atomic mass is 16.5. The van der Waals surface area contributed by atoms with Crippen LogP contribution >= 0.6 is 0 Å². The Hall–Kier alpha value is -2.83. The van der Waals surface area contributed by atoms with Gasteiger partial charge in [-0.3, -0.25) is 0 Å². The number of anilines is 2. The van der Waals surface area contributed by atoms with Crippen LogP contribution in [0.25, 0.3) is 0 Å². The fourth-order valence-corrected chi connectivity index (χ4v) is 1.97. The third kappa shape index (κ3) is 4.09. The van der Waals surface area contributed by atoms with Gasteiger partial charge in [-0.1, -0.05) is 0 Å². The first kappa shape index (κ1) is 16.5. The summed E-state index contributed by atoms with van der Waals surface area (Å²) in [5, 5.41) is 3.20. The van der Waals surface area contributed by atoms with Gasteiger partial charge in [-0.15, -0.1) is 0 Å². The summed E-state index contributed by atoms with van der Waals surface area (Å²) in [5.74, 6) is 1.24. The molecule has 0 bridgehead atoms. The Labute approximate surface area is 135 Å². The van der Waals surface area contributed by atoms with E-state index in [2.05, 4.69) is 15.3 Å². The SMILES string of the molecule is COC(=O)c1ccc(NCc2ccnc(N(C)C)c2)nc1OC. The van der Waals surface area contributed by atoms with Crippen LogP contribution in [0.1, 0.15) is 15.9 Å². The Morgan fingerprint density at radius 2 is 2.04 bits per heavy atom. The lowest BCUT2D eigenvalue weighted by molar-refractivity contribution is 0.0596. The van der Waals surface area contributed by atoms with E-state index < -0.39 is 5.97 Å². The van der Waals surface area contributed by atoms with Crippen LogP contribution in [0.3, 0.4) is 0 Å². The highest BCUT2D eigenvalue weighted by Gasteiger charge is 2.14. The molecule has 2 aromatic rings. The van der Waals surface area contributed by atoms with Crippen molar-refractivity contribution >= 4 is 17.6 Å². The molecule has 0 radical (unpaired) electrons. The van der Waals surface area contributed by atoms with Gasteiger partial charge in [0, 0.05) is 26.8 Å². The molecule has 0 atom stereocenters. The summed E-state index contributed by atoms with van der Waals surface area (Å²) in [5.41, 5.74) is 1.36. The monoisotopic (exact) mass is 316 g/mol. The number of methoxy groups -OCH3 is 2. The Morgan fingerprint density at radius 3 is 2.70 bits per heavy atom. The zero-order valence-corrected chi connectivity index (χ0v) is 13.7. The third-order valence-corrected chi connectivity index (χ3v) is 3.20. The van der Waals surface area contributed by atoms with Crippen molar-refractivity contribution in [3.63, 3.8) is 0 Å². The highest BCUT2D eigenvalue weighted by Crippen LogP contribution is 2.20. The minimum atomic E-state index is -0.481. The predicted octanol–water partition coefficient (Wildman–Crippen LogP) is 1.95. The van der Waals surface area contributed by atoms with Gasteiger partial charge >= 0.3 is 5.97 Å². The van der Waals surface area contributed by atoms with E-state index in [-0.39, 0.29) is 5.88 Å². The molecule has 0 amide bonds. The zero-order valence-electron chi connectivity index (χ0n) is 13.7. The van der Waals surface area contributed by atoms with Crippen LogP contribution < -0.4 is 15.0 Å². The van der Waals surface area contributed by atoms with Gasteiger partial charge in [0.25, 0.3) is 0 Å². The van der Waals surface area contributed by atoms with Gasteiger partial charge in [0.15, 0.2) is 0 Å². The fraction of sp³-hybridized carbons (Fsp3) is 0.312. The second-order valence-electron chi connectivity index (χ2n) is 5.02. The van der Waals surface area contributed by atoms with Gasteiger partial charge in [0.1, 0.15) is 17.2 Å². The van der Waals surface area contributed by atoms with E-state index in [1.807, 2.05) is 31.1 Å². The van der Waals surface area contributed by atoms with E-state index in [4.69, 9.17) is 9.47 Å². The zero-order chi connectivity index (χ0) is 16.8. The number of nitrogens with zero attached hydrogens (tertiary/aromatic N) is 3. The second kappa shape index (κ2) is 7.44. The molecule has 0 spiro atoms. The third-order valence-electron chi connectivity index (χ3n) is 3.20. The number of ether oxygens (including phenoxy) is 2. The van der Waals surface area contributed by atoms with Crippen LogP contribution in [0.15, 0.2) is 30.5 Å². The standard InChI is InChI=1S/C16H20N4O3/c1-20(2)14-9-11(7-8-17-14)10-18-13-6-5-12(16(21)23-4)15(19-13)22-3/h5-9H,10H2,1-4H3,(H,18,19). The normalized spacial score (nSPS) is 10.1. The van der Waals surface area contributed by atoms with E-state index >= 15 is 0 Å². The molecule has 0 aliphatic carbocycles. The number of rotatable bonds is 6. The minimum absolute atomic E-state index is 0.227. The van der Waals surface area contributed by atoms with Gasteiger partial charge in [0.2, 0.25) is 5.88 Å². The topological polar surface area (TPSA) is 76.6 Å². The molecule has 7 nitrogen and oxygen atoms in total. The van der Waals surface area contributed by atoms with E-state index in [1.54, 1.807) is 18.3 Å². The van der Waals surface area contributed by atoms with Crippen molar-refractivity contribution in [2.75, 3.05) is 38.5 Å². The van der Waals surface area contributed by atoms with E-state index in [1.165, 1.54) is 14.2 Å². The second-order valence-corrected chi connectivity index (χ2v) is 5.02. The Bertz CT molecular complexity index is 689. The average molecular weight is 316 g/mol. The number of esters is 1. The molecule has 122 valence electrons. The highest BCUT2D eigenvalue weighted by molar-refractivity contribution is 5.92. The van der Waals surface area contributed by atoms with E-state index in [0.717, 1.165) is 11.4 Å². The lowest BCUT2D eigenvalue weighted by Crippen LogP contribution is -2.11. The number of carbonyl (C=O) groups excluding carboxylic acids is 1. The number of pyridine rings is 2. The maximum atomic E-state index is 11.6. The van der Waals surface area contributed by atoms with Crippen LogP contribution in [0.4, 0.5) is 11.6 Å². The van der Waals surface area contributed by atoms with Crippen LogP contribution in [-0.4, -0.2) is 44.3 Å². The fourth-order valence-electron chi connectivity index (χ4n) is 1.97. The van der Waals surface area contributed by atoms with E-state index in [9.17, 15) is 4.79 Å². The molecular weight excluding hydrogens is 296 g/mol. The van der Waals surface area contributed by atoms with Crippen LogP contribution in [-0.2, 0) is 11.3 Å².